The van der Waals surface area contributed by atoms with E-state index in [9.17, 15) is 9.59 Å². The molecule has 23 heavy (non-hydrogen) atoms. The Morgan fingerprint density at radius 2 is 2.00 bits per heavy atom. The maximum atomic E-state index is 12.4. The Morgan fingerprint density at radius 1 is 1.17 bits per heavy atom. The average Bonchev–Trinajstić information content (AvgIpc) is 3.05. The van der Waals surface area contributed by atoms with Gasteiger partial charge >= 0.3 is 6.03 Å². The lowest BCUT2D eigenvalue weighted by Crippen LogP contribution is -2.46. The van der Waals surface area contributed by atoms with Gasteiger partial charge in [-0.3, -0.25) is 9.69 Å². The van der Waals surface area contributed by atoms with Crippen LogP contribution in [0.25, 0.3) is 0 Å². The Labute approximate surface area is 138 Å². The molecule has 0 aromatic carbocycles. The second-order valence-corrected chi connectivity index (χ2v) is 7.65. The summed E-state index contributed by atoms with van der Waals surface area (Å²) >= 11 is 0. The van der Waals surface area contributed by atoms with E-state index in [2.05, 4.69) is 17.1 Å². The van der Waals surface area contributed by atoms with E-state index in [0.29, 0.717) is 25.6 Å². The van der Waals surface area contributed by atoms with Crippen molar-refractivity contribution < 1.29 is 9.59 Å². The zero-order valence-corrected chi connectivity index (χ0v) is 14.2. The van der Waals surface area contributed by atoms with Crippen LogP contribution in [0.1, 0.15) is 39.0 Å². The van der Waals surface area contributed by atoms with Gasteiger partial charge in [-0.15, -0.1) is 0 Å². The summed E-state index contributed by atoms with van der Waals surface area (Å²) in [4.78, 5) is 27.4. The van der Waals surface area contributed by atoms with Crippen molar-refractivity contribution >= 4 is 11.9 Å². The molecule has 0 radical (unpaired) electrons. The lowest BCUT2D eigenvalue weighted by molar-refractivity contribution is -0.123. The van der Waals surface area contributed by atoms with E-state index >= 15 is 0 Å². The number of rotatable bonds is 4. The van der Waals surface area contributed by atoms with Crippen LogP contribution in [0.4, 0.5) is 4.79 Å². The van der Waals surface area contributed by atoms with Gasteiger partial charge in [-0.2, -0.15) is 0 Å². The first-order valence-corrected chi connectivity index (χ1v) is 9.09. The van der Waals surface area contributed by atoms with E-state index in [4.69, 9.17) is 5.73 Å². The van der Waals surface area contributed by atoms with Gasteiger partial charge in [0.15, 0.2) is 0 Å². The summed E-state index contributed by atoms with van der Waals surface area (Å²) in [5, 5.41) is 3.22. The molecule has 1 heterocycles. The van der Waals surface area contributed by atoms with E-state index in [-0.39, 0.29) is 18.0 Å². The van der Waals surface area contributed by atoms with Crippen LogP contribution in [0.5, 0.6) is 0 Å². The minimum atomic E-state index is -0.360. The van der Waals surface area contributed by atoms with Gasteiger partial charge in [0.1, 0.15) is 0 Å². The highest BCUT2D eigenvalue weighted by molar-refractivity contribution is 5.78. The largest absolute Gasteiger partial charge is 0.352 e. The molecule has 0 spiro atoms. The molecule has 2 aliphatic carbocycles. The summed E-state index contributed by atoms with van der Waals surface area (Å²) in [7, 11) is 0. The standard InChI is InChI=1S/C17H30N4O2/c1-12(15-10-13-3-4-14(15)9-13)19-16(22)11-20-5-2-6-21(8-7-20)17(18)23/h12-15H,2-11H2,1H3,(H2,18,23)(H,19,22)/t12-,13+,14+,15-/m1/s1. The number of amides is 3. The predicted octanol–water partition coefficient (Wildman–Crippen LogP) is 1.01. The molecule has 3 amide bonds. The van der Waals surface area contributed by atoms with Crippen LogP contribution >= 0.6 is 0 Å². The third-order valence-electron chi connectivity index (χ3n) is 6.09. The molecule has 0 unspecified atom stereocenters. The van der Waals surface area contributed by atoms with Gasteiger partial charge in [-0.05, 0) is 50.4 Å². The van der Waals surface area contributed by atoms with Crippen molar-refractivity contribution in [3.8, 4) is 0 Å². The van der Waals surface area contributed by atoms with E-state index in [1.165, 1.54) is 25.7 Å². The molecule has 1 aliphatic heterocycles. The number of carbonyl (C=O) groups excluding carboxylic acids is 2. The predicted molar refractivity (Wildman–Crippen MR) is 88.8 cm³/mol. The highest BCUT2D eigenvalue weighted by atomic mass is 16.2. The van der Waals surface area contributed by atoms with Crippen molar-refractivity contribution in [3.05, 3.63) is 0 Å². The Hall–Kier alpha value is -1.30. The van der Waals surface area contributed by atoms with E-state index in [1.807, 2.05) is 0 Å². The van der Waals surface area contributed by atoms with Crippen LogP contribution < -0.4 is 11.1 Å². The van der Waals surface area contributed by atoms with E-state index in [1.54, 1.807) is 4.90 Å². The third kappa shape index (κ3) is 3.97. The molecule has 0 aromatic heterocycles. The first-order valence-electron chi connectivity index (χ1n) is 9.09. The molecule has 3 fully saturated rings. The number of hydrogen-bond donors (Lipinski definition) is 2. The van der Waals surface area contributed by atoms with Crippen molar-refractivity contribution in [1.82, 2.24) is 15.1 Å². The van der Waals surface area contributed by atoms with Crippen LogP contribution in [0.15, 0.2) is 0 Å². The number of carbonyl (C=O) groups is 2. The average molecular weight is 322 g/mol. The molecular formula is C17H30N4O2. The van der Waals surface area contributed by atoms with Crippen molar-refractivity contribution in [2.45, 2.75) is 45.1 Å². The molecule has 6 heteroatoms. The van der Waals surface area contributed by atoms with Gasteiger partial charge in [0, 0.05) is 32.2 Å². The Morgan fingerprint density at radius 3 is 2.65 bits per heavy atom. The maximum Gasteiger partial charge on any atom is 0.314 e. The molecule has 3 rings (SSSR count). The van der Waals surface area contributed by atoms with Crippen molar-refractivity contribution in [1.29, 1.82) is 0 Å². The number of nitrogens with two attached hydrogens (primary N) is 1. The fourth-order valence-electron chi connectivity index (χ4n) is 4.87. The van der Waals surface area contributed by atoms with Gasteiger partial charge in [0.05, 0.1) is 6.54 Å². The first kappa shape index (κ1) is 16.6. The molecule has 130 valence electrons. The monoisotopic (exact) mass is 322 g/mol. The van der Waals surface area contributed by atoms with Gasteiger partial charge < -0.3 is 16.0 Å². The van der Waals surface area contributed by atoms with Gasteiger partial charge in [-0.25, -0.2) is 4.79 Å². The molecule has 2 saturated carbocycles. The maximum absolute atomic E-state index is 12.4. The molecule has 4 atom stereocenters. The summed E-state index contributed by atoms with van der Waals surface area (Å²) in [6.07, 6.45) is 6.29. The minimum Gasteiger partial charge on any atom is -0.352 e. The Kier molecular flexibility index (Phi) is 5.09. The number of nitrogens with zero attached hydrogens (tertiary/aromatic N) is 2. The van der Waals surface area contributed by atoms with E-state index in [0.717, 1.165) is 31.3 Å². The zero-order valence-electron chi connectivity index (χ0n) is 14.2. The zero-order chi connectivity index (χ0) is 16.4. The molecule has 6 nitrogen and oxygen atoms in total. The summed E-state index contributed by atoms with van der Waals surface area (Å²) in [5.41, 5.74) is 5.34. The van der Waals surface area contributed by atoms with Crippen LogP contribution in [-0.2, 0) is 4.79 Å². The van der Waals surface area contributed by atoms with Gasteiger partial charge in [0.25, 0.3) is 0 Å². The number of urea groups is 1. The summed E-state index contributed by atoms with van der Waals surface area (Å²) in [6, 6.07) is -0.0758. The van der Waals surface area contributed by atoms with Crippen LogP contribution in [0.3, 0.4) is 0 Å². The first-order chi connectivity index (χ1) is 11.0. The SMILES string of the molecule is C[C@@H](NC(=O)CN1CCCN(C(N)=O)CC1)[C@H]1C[C@H]2CC[C@H]1C2. The van der Waals surface area contributed by atoms with E-state index < -0.39 is 0 Å². The molecular weight excluding hydrogens is 292 g/mol. The van der Waals surface area contributed by atoms with Crippen LogP contribution in [-0.4, -0.2) is 60.5 Å². The second kappa shape index (κ2) is 7.07. The van der Waals surface area contributed by atoms with Crippen molar-refractivity contribution in [2.24, 2.45) is 23.5 Å². The lowest BCUT2D eigenvalue weighted by atomic mass is 9.84. The molecule has 1 saturated heterocycles. The Balaban J connectivity index is 1.43. The Bertz CT molecular complexity index is 456. The summed E-state index contributed by atoms with van der Waals surface area (Å²) in [6.45, 7) is 5.47. The smallest absolute Gasteiger partial charge is 0.314 e. The second-order valence-electron chi connectivity index (χ2n) is 7.65. The van der Waals surface area contributed by atoms with Crippen LogP contribution in [0, 0.1) is 17.8 Å². The van der Waals surface area contributed by atoms with Gasteiger partial charge in [-0.1, -0.05) is 6.42 Å². The normalized spacial score (nSPS) is 32.6. The highest BCUT2D eigenvalue weighted by Crippen LogP contribution is 2.49. The minimum absolute atomic E-state index is 0.118. The summed E-state index contributed by atoms with van der Waals surface area (Å²) in [5.74, 6) is 2.53. The topological polar surface area (TPSA) is 78.7 Å². The summed E-state index contributed by atoms with van der Waals surface area (Å²) < 4.78 is 0. The van der Waals surface area contributed by atoms with Gasteiger partial charge in [0.2, 0.25) is 5.91 Å². The fraction of sp³-hybridized carbons (Fsp3) is 0.882. The quantitative estimate of drug-likeness (QED) is 0.811. The number of fused-ring (bicyclic) bond motifs is 2. The van der Waals surface area contributed by atoms with Crippen molar-refractivity contribution in [2.75, 3.05) is 32.7 Å². The molecule has 2 bridgehead atoms. The number of hydrogen-bond acceptors (Lipinski definition) is 3. The van der Waals surface area contributed by atoms with Crippen molar-refractivity contribution in [3.63, 3.8) is 0 Å². The number of primary amides is 1. The fourth-order valence-corrected chi connectivity index (χ4v) is 4.87. The lowest BCUT2D eigenvalue weighted by Gasteiger charge is -2.29. The highest BCUT2D eigenvalue weighted by Gasteiger charge is 2.42. The number of nitrogens with one attached hydrogen (secondary N) is 1. The third-order valence-corrected chi connectivity index (χ3v) is 6.09. The molecule has 3 aliphatic rings. The molecule has 0 aromatic rings. The van der Waals surface area contributed by atoms with Crippen LogP contribution in [0.2, 0.25) is 0 Å². The molecule has 3 N–H and O–H groups in total.